The van der Waals surface area contributed by atoms with E-state index in [1.807, 2.05) is 0 Å². The van der Waals surface area contributed by atoms with Crippen LogP contribution in [0.25, 0.3) is 0 Å². The molecule has 2 rings (SSSR count). The molecule has 10 heavy (non-hydrogen) atoms. The summed E-state index contributed by atoms with van der Waals surface area (Å²) in [6.07, 6.45) is 4.83. The Morgan fingerprint density at radius 3 is 2.50 bits per heavy atom. The Morgan fingerprint density at radius 2 is 2.20 bits per heavy atom. The van der Waals surface area contributed by atoms with Crippen LogP contribution in [-0.4, -0.2) is 19.5 Å². The van der Waals surface area contributed by atoms with Gasteiger partial charge in [-0.05, 0) is 12.3 Å². The van der Waals surface area contributed by atoms with Gasteiger partial charge in [0, 0.05) is 0 Å². The van der Waals surface area contributed by atoms with Crippen LogP contribution in [0.4, 0.5) is 0 Å². The van der Waals surface area contributed by atoms with Gasteiger partial charge in [-0.15, -0.1) is 0 Å². The Labute approximate surface area is 60.6 Å². The molecule has 2 fully saturated rings. The zero-order valence-electron chi connectivity index (χ0n) is 6.01. The van der Waals surface area contributed by atoms with Crippen LogP contribution in [0.5, 0.6) is 0 Å². The van der Waals surface area contributed by atoms with E-state index in [2.05, 4.69) is 0 Å². The van der Waals surface area contributed by atoms with Crippen molar-refractivity contribution in [1.29, 1.82) is 0 Å². The van der Waals surface area contributed by atoms with Crippen LogP contribution in [-0.2, 0) is 9.53 Å². The molecule has 0 aromatic heterocycles. The van der Waals surface area contributed by atoms with Crippen LogP contribution in [0, 0.1) is 11.3 Å². The van der Waals surface area contributed by atoms with Crippen LogP contribution in [0.15, 0.2) is 0 Å². The first-order valence-corrected chi connectivity index (χ1v) is 3.89. The van der Waals surface area contributed by atoms with Crippen LogP contribution in [0.3, 0.4) is 0 Å². The summed E-state index contributed by atoms with van der Waals surface area (Å²) in [7, 11) is 0. The lowest BCUT2D eigenvalue weighted by atomic mass is 9.82. The number of aldehydes is 1. The average Bonchev–Trinajstić information content (AvgIpc) is 2.62. The summed E-state index contributed by atoms with van der Waals surface area (Å²) >= 11 is 0. The Morgan fingerprint density at radius 1 is 1.50 bits per heavy atom. The van der Waals surface area contributed by atoms with Gasteiger partial charge in [0.15, 0.2) is 0 Å². The van der Waals surface area contributed by atoms with Gasteiger partial charge in [-0.1, -0.05) is 12.8 Å². The lowest BCUT2D eigenvalue weighted by Gasteiger charge is -2.36. The van der Waals surface area contributed by atoms with Crippen molar-refractivity contribution in [2.24, 2.45) is 11.3 Å². The van der Waals surface area contributed by atoms with E-state index >= 15 is 0 Å². The number of carbonyl (C=O) groups excluding carboxylic acids is 1. The van der Waals surface area contributed by atoms with Crippen molar-refractivity contribution in [3.63, 3.8) is 0 Å². The first kappa shape index (κ1) is 6.35. The molecule has 1 saturated heterocycles. The van der Waals surface area contributed by atoms with Gasteiger partial charge in [-0.3, -0.25) is 0 Å². The maximum absolute atomic E-state index is 10.6. The van der Waals surface area contributed by atoms with Gasteiger partial charge in [-0.2, -0.15) is 0 Å². The van der Waals surface area contributed by atoms with E-state index in [1.54, 1.807) is 0 Å². The highest BCUT2D eigenvalue weighted by Gasteiger charge is 2.42. The van der Waals surface area contributed by atoms with E-state index in [9.17, 15) is 4.79 Å². The number of ether oxygens (including phenoxy) is 1. The molecule has 0 radical (unpaired) electrons. The van der Waals surface area contributed by atoms with Crippen molar-refractivity contribution in [2.75, 3.05) is 13.2 Å². The van der Waals surface area contributed by atoms with Crippen molar-refractivity contribution in [2.45, 2.75) is 19.3 Å². The highest BCUT2D eigenvalue weighted by Crippen LogP contribution is 2.42. The molecule has 1 heterocycles. The summed E-state index contributed by atoms with van der Waals surface area (Å²) in [4.78, 5) is 10.6. The first-order chi connectivity index (χ1) is 4.85. The van der Waals surface area contributed by atoms with Crippen LogP contribution in [0.1, 0.15) is 19.3 Å². The van der Waals surface area contributed by atoms with Gasteiger partial charge in [0.25, 0.3) is 0 Å². The van der Waals surface area contributed by atoms with Crippen molar-refractivity contribution in [1.82, 2.24) is 0 Å². The third kappa shape index (κ3) is 0.966. The molecule has 0 amide bonds. The molecule has 0 unspecified atom stereocenters. The Balaban J connectivity index is 1.90. The summed E-state index contributed by atoms with van der Waals surface area (Å²) in [6, 6.07) is 0. The zero-order chi connectivity index (χ0) is 7.03. The minimum absolute atomic E-state index is 0.0544. The summed E-state index contributed by atoms with van der Waals surface area (Å²) in [6.45, 7) is 1.35. The fourth-order valence-electron chi connectivity index (χ4n) is 1.50. The third-order valence-electron chi connectivity index (χ3n) is 2.42. The topological polar surface area (TPSA) is 26.3 Å². The Bertz CT molecular complexity index is 145. The molecular weight excluding hydrogens is 128 g/mol. The molecule has 0 bridgehead atoms. The monoisotopic (exact) mass is 140 g/mol. The summed E-state index contributed by atoms with van der Waals surface area (Å²) < 4.78 is 5.03. The highest BCUT2D eigenvalue weighted by molar-refractivity contribution is 5.61. The van der Waals surface area contributed by atoms with Crippen LogP contribution < -0.4 is 0 Å². The molecular formula is C8H12O2. The van der Waals surface area contributed by atoms with Crippen LogP contribution >= 0.6 is 0 Å². The fraction of sp³-hybridized carbons (Fsp3) is 0.875. The molecule has 0 spiro atoms. The minimum Gasteiger partial charge on any atom is -0.379 e. The molecule has 1 aliphatic carbocycles. The van der Waals surface area contributed by atoms with E-state index in [0.29, 0.717) is 13.2 Å². The molecule has 2 nitrogen and oxygen atoms in total. The Kier molecular flexibility index (Phi) is 1.31. The molecule has 0 aromatic rings. The fourth-order valence-corrected chi connectivity index (χ4v) is 1.50. The summed E-state index contributed by atoms with van der Waals surface area (Å²) in [5.41, 5.74) is -0.0544. The average molecular weight is 140 g/mol. The number of rotatable bonds is 3. The van der Waals surface area contributed by atoms with Gasteiger partial charge >= 0.3 is 0 Å². The number of hydrogen-bond acceptors (Lipinski definition) is 2. The number of hydrogen-bond donors (Lipinski definition) is 0. The SMILES string of the molecule is O=CC1(CC2CC2)COC1. The van der Waals surface area contributed by atoms with Gasteiger partial charge in [0.2, 0.25) is 0 Å². The Hall–Kier alpha value is -0.370. The maximum Gasteiger partial charge on any atom is 0.130 e. The quantitative estimate of drug-likeness (QED) is 0.547. The van der Waals surface area contributed by atoms with Gasteiger partial charge < -0.3 is 9.53 Å². The van der Waals surface area contributed by atoms with Crippen molar-refractivity contribution in [3.8, 4) is 0 Å². The number of carbonyl (C=O) groups is 1. The molecule has 1 saturated carbocycles. The van der Waals surface area contributed by atoms with E-state index in [4.69, 9.17) is 4.74 Å². The standard InChI is InChI=1S/C8H12O2/c9-4-8(5-10-6-8)3-7-1-2-7/h4,7H,1-3,5-6H2. The van der Waals surface area contributed by atoms with Crippen LogP contribution in [0.2, 0.25) is 0 Å². The second-order valence-electron chi connectivity index (χ2n) is 3.62. The molecule has 56 valence electrons. The molecule has 2 heteroatoms. The predicted octanol–water partition coefficient (Wildman–Crippen LogP) is 1.00. The zero-order valence-corrected chi connectivity index (χ0v) is 6.01. The van der Waals surface area contributed by atoms with Gasteiger partial charge in [0.1, 0.15) is 6.29 Å². The normalized spacial score (nSPS) is 29.2. The van der Waals surface area contributed by atoms with Crippen molar-refractivity contribution >= 4 is 6.29 Å². The second-order valence-corrected chi connectivity index (χ2v) is 3.62. The largest absolute Gasteiger partial charge is 0.379 e. The first-order valence-electron chi connectivity index (χ1n) is 3.89. The maximum atomic E-state index is 10.6. The summed E-state index contributed by atoms with van der Waals surface area (Å²) in [5, 5.41) is 0. The highest BCUT2D eigenvalue weighted by atomic mass is 16.5. The van der Waals surface area contributed by atoms with E-state index in [0.717, 1.165) is 18.6 Å². The predicted molar refractivity (Wildman–Crippen MR) is 36.7 cm³/mol. The smallest absolute Gasteiger partial charge is 0.130 e. The molecule has 1 aliphatic heterocycles. The molecule has 0 aromatic carbocycles. The summed E-state index contributed by atoms with van der Waals surface area (Å²) in [5.74, 6) is 0.842. The lowest BCUT2D eigenvalue weighted by molar-refractivity contribution is -0.148. The minimum atomic E-state index is -0.0544. The lowest BCUT2D eigenvalue weighted by Crippen LogP contribution is -2.44. The van der Waals surface area contributed by atoms with E-state index < -0.39 is 0 Å². The molecule has 0 atom stereocenters. The van der Waals surface area contributed by atoms with E-state index in [1.165, 1.54) is 12.8 Å². The van der Waals surface area contributed by atoms with Gasteiger partial charge in [0.05, 0.1) is 18.6 Å². The molecule has 2 aliphatic rings. The van der Waals surface area contributed by atoms with Crippen molar-refractivity contribution < 1.29 is 9.53 Å². The van der Waals surface area contributed by atoms with Gasteiger partial charge in [-0.25, -0.2) is 0 Å². The molecule has 0 N–H and O–H groups in total. The van der Waals surface area contributed by atoms with Crippen molar-refractivity contribution in [3.05, 3.63) is 0 Å². The van der Waals surface area contributed by atoms with E-state index in [-0.39, 0.29) is 5.41 Å². The third-order valence-corrected chi connectivity index (χ3v) is 2.42. The second kappa shape index (κ2) is 2.06.